The fourth-order valence-electron chi connectivity index (χ4n) is 13.8. The van der Waals surface area contributed by atoms with E-state index in [9.17, 15) is 0 Å². The predicted molar refractivity (Wildman–Crippen MR) is 322 cm³/mol. The van der Waals surface area contributed by atoms with Gasteiger partial charge in [-0.05, 0) is 141 Å². The summed E-state index contributed by atoms with van der Waals surface area (Å²) in [6.45, 7) is 23.5. The monoisotopic (exact) mass is 982 g/mol. The minimum absolute atomic E-state index is 0.0466. The summed E-state index contributed by atoms with van der Waals surface area (Å²) in [6, 6.07) is 86.0. The number of fused-ring (bicyclic) bond motifs is 9. The number of anilines is 3. The predicted octanol–water partition coefficient (Wildman–Crippen LogP) is 20.1. The normalized spacial score (nSPS) is 15.0. The van der Waals surface area contributed by atoms with Crippen LogP contribution in [0.15, 0.2) is 224 Å². The van der Waals surface area contributed by atoms with Gasteiger partial charge in [-0.3, -0.25) is 0 Å². The molecule has 0 N–H and O–H groups in total. The SMILES string of the molecule is CC(C)(C)c1cccc(C2(c3cccc(C(C)(C)C)c3)c3ccccc3-c3c(N(c4ccc(-c5cccc6c5C(C)(C)c5ccccc5-6)cc4)c4ccccc4-c4ccc5c(c4)C(C)(C)c4ccccc4-5)cccc32)c1. The Morgan fingerprint density at radius 2 is 0.776 bits per heavy atom. The first-order chi connectivity index (χ1) is 36.5. The molecule has 10 aromatic carbocycles. The van der Waals surface area contributed by atoms with Gasteiger partial charge >= 0.3 is 0 Å². The third kappa shape index (κ3) is 7.04. The zero-order valence-electron chi connectivity index (χ0n) is 45.8. The van der Waals surface area contributed by atoms with E-state index < -0.39 is 5.41 Å². The Morgan fingerprint density at radius 1 is 0.316 bits per heavy atom. The van der Waals surface area contributed by atoms with Crippen LogP contribution in [-0.4, -0.2) is 0 Å². The Bertz CT molecular complexity index is 3900. The molecule has 372 valence electrons. The number of rotatable bonds is 7. The summed E-state index contributed by atoms with van der Waals surface area (Å²) in [5, 5.41) is 0. The molecule has 0 saturated carbocycles. The van der Waals surface area contributed by atoms with E-state index in [0.29, 0.717) is 0 Å². The van der Waals surface area contributed by atoms with Crippen molar-refractivity contribution in [2.45, 2.75) is 96.3 Å². The van der Waals surface area contributed by atoms with Crippen LogP contribution in [0.2, 0.25) is 0 Å². The van der Waals surface area contributed by atoms with Gasteiger partial charge in [0.05, 0.1) is 16.8 Å². The van der Waals surface area contributed by atoms with Gasteiger partial charge in [0.25, 0.3) is 0 Å². The van der Waals surface area contributed by atoms with Crippen LogP contribution in [0.25, 0.3) is 55.6 Å². The fraction of sp³-hybridized carbons (Fsp3) is 0.200. The average Bonchev–Trinajstić information content (AvgIpc) is 4.20. The molecular weight excluding hydrogens is 915 g/mol. The topological polar surface area (TPSA) is 3.24 Å². The van der Waals surface area contributed by atoms with Gasteiger partial charge in [-0.2, -0.15) is 0 Å². The van der Waals surface area contributed by atoms with Crippen molar-refractivity contribution in [3.8, 4) is 55.6 Å². The molecule has 0 heterocycles. The second-order valence-electron chi connectivity index (χ2n) is 24.9. The molecule has 0 unspecified atom stereocenters. The molecule has 13 rings (SSSR count). The quantitative estimate of drug-likeness (QED) is 0.154. The van der Waals surface area contributed by atoms with Gasteiger partial charge in [-0.1, -0.05) is 263 Å². The molecule has 0 amide bonds. The lowest BCUT2D eigenvalue weighted by molar-refractivity contribution is 0.585. The van der Waals surface area contributed by atoms with Gasteiger partial charge in [0.2, 0.25) is 0 Å². The number of benzene rings is 10. The minimum Gasteiger partial charge on any atom is -0.309 e. The molecule has 0 atom stereocenters. The Balaban J connectivity index is 1.07. The van der Waals surface area contributed by atoms with E-state index in [-0.39, 0.29) is 21.7 Å². The Kier molecular flexibility index (Phi) is 10.7. The fourth-order valence-corrected chi connectivity index (χ4v) is 13.8. The molecule has 0 aromatic heterocycles. The lowest BCUT2D eigenvalue weighted by Crippen LogP contribution is -2.30. The molecule has 76 heavy (non-hydrogen) atoms. The van der Waals surface area contributed by atoms with Crippen molar-refractivity contribution in [2.75, 3.05) is 4.90 Å². The lowest BCUT2D eigenvalue weighted by atomic mass is 9.66. The Hall–Kier alpha value is -8.00. The van der Waals surface area contributed by atoms with Gasteiger partial charge in [0, 0.05) is 27.6 Å². The molecule has 1 heteroatoms. The molecule has 0 spiro atoms. The smallest absolute Gasteiger partial charge is 0.0714 e. The van der Waals surface area contributed by atoms with Crippen LogP contribution in [0, 0.1) is 0 Å². The second kappa shape index (κ2) is 17.0. The average molecular weight is 982 g/mol. The molecule has 0 fully saturated rings. The molecule has 0 bridgehead atoms. The van der Waals surface area contributed by atoms with E-state index in [1.807, 2.05) is 0 Å². The first-order valence-corrected chi connectivity index (χ1v) is 27.4. The van der Waals surface area contributed by atoms with Crippen molar-refractivity contribution in [1.82, 2.24) is 0 Å². The van der Waals surface area contributed by atoms with Crippen LogP contribution in [0.3, 0.4) is 0 Å². The number of para-hydroxylation sites is 1. The largest absolute Gasteiger partial charge is 0.309 e. The maximum absolute atomic E-state index is 2.57. The molecule has 3 aliphatic rings. The number of nitrogens with zero attached hydrogens (tertiary/aromatic N) is 1. The van der Waals surface area contributed by atoms with Crippen molar-refractivity contribution in [2.24, 2.45) is 0 Å². The van der Waals surface area contributed by atoms with Gasteiger partial charge < -0.3 is 4.90 Å². The summed E-state index contributed by atoms with van der Waals surface area (Å²) in [5.74, 6) is 0. The minimum atomic E-state index is -0.613. The van der Waals surface area contributed by atoms with Crippen LogP contribution in [0.5, 0.6) is 0 Å². The maximum atomic E-state index is 2.57. The molecule has 0 radical (unpaired) electrons. The van der Waals surface area contributed by atoms with Crippen molar-refractivity contribution < 1.29 is 0 Å². The van der Waals surface area contributed by atoms with Crippen LogP contribution >= 0.6 is 0 Å². The maximum Gasteiger partial charge on any atom is 0.0714 e. The molecule has 3 aliphatic carbocycles. The molecule has 0 aliphatic heterocycles. The van der Waals surface area contributed by atoms with Crippen molar-refractivity contribution in [3.05, 3.63) is 280 Å². The molecule has 10 aromatic rings. The lowest BCUT2D eigenvalue weighted by Gasteiger charge is -2.36. The van der Waals surface area contributed by atoms with Crippen molar-refractivity contribution in [1.29, 1.82) is 0 Å². The van der Waals surface area contributed by atoms with E-state index in [0.717, 1.165) is 17.1 Å². The molecule has 1 nitrogen and oxygen atoms in total. The van der Waals surface area contributed by atoms with Gasteiger partial charge in [0.1, 0.15) is 0 Å². The molecular formula is C75H67N. The zero-order chi connectivity index (χ0) is 52.5. The third-order valence-corrected chi connectivity index (χ3v) is 17.7. The number of hydrogen-bond donors (Lipinski definition) is 0. The molecule has 0 saturated heterocycles. The van der Waals surface area contributed by atoms with E-state index >= 15 is 0 Å². The summed E-state index contributed by atoms with van der Waals surface area (Å²) >= 11 is 0. The van der Waals surface area contributed by atoms with E-state index in [2.05, 4.69) is 299 Å². The van der Waals surface area contributed by atoms with Crippen LogP contribution in [-0.2, 0) is 27.1 Å². The van der Waals surface area contributed by atoms with Gasteiger partial charge in [0.15, 0.2) is 0 Å². The van der Waals surface area contributed by atoms with Crippen LogP contribution in [0.1, 0.15) is 125 Å². The van der Waals surface area contributed by atoms with E-state index in [4.69, 9.17) is 0 Å². The van der Waals surface area contributed by atoms with Crippen molar-refractivity contribution >= 4 is 17.1 Å². The highest BCUT2D eigenvalue weighted by Crippen LogP contribution is 2.61. The highest BCUT2D eigenvalue weighted by atomic mass is 15.1. The third-order valence-electron chi connectivity index (χ3n) is 17.7. The highest BCUT2D eigenvalue weighted by molar-refractivity contribution is 6.00. The van der Waals surface area contributed by atoms with Gasteiger partial charge in [-0.15, -0.1) is 0 Å². The van der Waals surface area contributed by atoms with Crippen molar-refractivity contribution in [3.63, 3.8) is 0 Å². The van der Waals surface area contributed by atoms with E-state index in [1.165, 1.54) is 111 Å². The first kappa shape index (κ1) is 47.7. The van der Waals surface area contributed by atoms with Gasteiger partial charge in [-0.25, -0.2) is 0 Å². The summed E-state index contributed by atoms with van der Waals surface area (Å²) in [5.41, 5.74) is 28.5. The van der Waals surface area contributed by atoms with E-state index in [1.54, 1.807) is 0 Å². The summed E-state index contributed by atoms with van der Waals surface area (Å²) < 4.78 is 0. The Morgan fingerprint density at radius 3 is 1.42 bits per heavy atom. The summed E-state index contributed by atoms with van der Waals surface area (Å²) in [4.78, 5) is 2.57. The summed E-state index contributed by atoms with van der Waals surface area (Å²) in [6.07, 6.45) is 0. The zero-order valence-corrected chi connectivity index (χ0v) is 45.8. The van der Waals surface area contributed by atoms with Crippen LogP contribution in [0.4, 0.5) is 17.1 Å². The van der Waals surface area contributed by atoms with Crippen LogP contribution < -0.4 is 4.90 Å². The second-order valence-corrected chi connectivity index (χ2v) is 24.9. The first-order valence-electron chi connectivity index (χ1n) is 27.4. The standard InChI is InChI=1S/C75H67N/c1-71(2,3)50-23-19-25-52(46-50)75(53-26-20-24-51(47-53)72(4,5)6)64-35-17-13-30-61(64)69-65(75)36-22-38-68(69)76(54-42-39-48(40-43-54)56-31-21-32-60-58-29-12-16-34-63(58)74(9,10)70(56)60)67-37-18-14-27-55(67)49-41-44-59-57-28-11-15-33-62(57)73(7,8)66(59)45-49/h11-47H,1-10H3. The Labute approximate surface area is 451 Å². The number of hydrogen-bond acceptors (Lipinski definition) is 1. The highest BCUT2D eigenvalue weighted by Gasteiger charge is 2.48. The summed E-state index contributed by atoms with van der Waals surface area (Å²) in [7, 11) is 0.